The van der Waals surface area contributed by atoms with Gasteiger partial charge in [0.25, 0.3) is 0 Å². The number of hydrogen-bond acceptors (Lipinski definition) is 5. The lowest BCUT2D eigenvalue weighted by Gasteiger charge is -2.35. The molecule has 1 atom stereocenters. The summed E-state index contributed by atoms with van der Waals surface area (Å²) in [7, 11) is 1.81. The summed E-state index contributed by atoms with van der Waals surface area (Å²) in [5.74, 6) is 3.03. The fourth-order valence-corrected chi connectivity index (χ4v) is 3.52. The lowest BCUT2D eigenvalue weighted by Crippen LogP contribution is -2.48. The van der Waals surface area contributed by atoms with Crippen molar-refractivity contribution in [1.29, 1.82) is 0 Å². The normalized spacial score (nSPS) is 19.1. The van der Waals surface area contributed by atoms with E-state index in [0.29, 0.717) is 19.3 Å². The molecule has 0 aromatic heterocycles. The Labute approximate surface area is 162 Å². The van der Waals surface area contributed by atoms with Crippen molar-refractivity contribution in [2.24, 2.45) is 10.9 Å². The number of likely N-dealkylation sites (N-methyl/N-ethyl adjacent to an activating group) is 1. The lowest BCUT2D eigenvalue weighted by atomic mass is 10.1. The van der Waals surface area contributed by atoms with E-state index >= 15 is 0 Å². The molecule has 7 nitrogen and oxygen atoms in total. The van der Waals surface area contributed by atoms with E-state index in [9.17, 15) is 0 Å². The third kappa shape index (κ3) is 5.74. The Morgan fingerprint density at radius 1 is 1.11 bits per heavy atom. The van der Waals surface area contributed by atoms with E-state index in [1.54, 1.807) is 0 Å². The Bertz CT molecular complexity index is 629. The second-order valence-corrected chi connectivity index (χ2v) is 7.33. The van der Waals surface area contributed by atoms with Crippen LogP contribution in [0, 0.1) is 5.92 Å². The van der Waals surface area contributed by atoms with Crippen LogP contribution in [0.15, 0.2) is 23.2 Å². The van der Waals surface area contributed by atoms with Gasteiger partial charge in [-0.1, -0.05) is 19.9 Å². The van der Waals surface area contributed by atoms with E-state index < -0.39 is 0 Å². The summed E-state index contributed by atoms with van der Waals surface area (Å²) in [6, 6.07) is 6.02. The van der Waals surface area contributed by atoms with Gasteiger partial charge in [0, 0.05) is 52.9 Å². The zero-order valence-electron chi connectivity index (χ0n) is 16.8. The van der Waals surface area contributed by atoms with Crippen LogP contribution in [0.4, 0.5) is 0 Å². The third-order valence-corrected chi connectivity index (χ3v) is 5.22. The molecule has 1 fully saturated rings. The summed E-state index contributed by atoms with van der Waals surface area (Å²) in [4.78, 5) is 9.42. The molecule has 1 saturated heterocycles. The standard InChI is InChI=1S/C20H33N5O2/c1-4-24-7-9-25(10-8-24)14-16(2)12-22-20(21-3)23-13-17-5-6-18-19(11-17)27-15-26-18/h5-6,11,16H,4,7-10,12-15H2,1-3H3,(H2,21,22,23). The number of ether oxygens (including phenoxy) is 2. The van der Waals surface area contributed by atoms with Gasteiger partial charge >= 0.3 is 0 Å². The van der Waals surface area contributed by atoms with E-state index in [4.69, 9.17) is 9.47 Å². The highest BCUT2D eigenvalue weighted by atomic mass is 16.7. The molecule has 2 N–H and O–H groups in total. The number of rotatable bonds is 7. The Morgan fingerprint density at radius 2 is 1.85 bits per heavy atom. The minimum Gasteiger partial charge on any atom is -0.454 e. The molecule has 0 aliphatic carbocycles. The van der Waals surface area contributed by atoms with Gasteiger partial charge in [-0.3, -0.25) is 4.99 Å². The van der Waals surface area contributed by atoms with Crippen LogP contribution in [-0.2, 0) is 6.54 Å². The predicted octanol–water partition coefficient (Wildman–Crippen LogP) is 1.35. The van der Waals surface area contributed by atoms with Crippen molar-refractivity contribution >= 4 is 5.96 Å². The monoisotopic (exact) mass is 375 g/mol. The van der Waals surface area contributed by atoms with Crippen LogP contribution in [-0.4, -0.2) is 75.4 Å². The SMILES string of the molecule is CCN1CCN(CC(C)CNC(=NC)NCc2ccc3c(c2)OCO3)CC1. The van der Waals surface area contributed by atoms with Gasteiger partial charge in [0.15, 0.2) is 17.5 Å². The topological polar surface area (TPSA) is 61.4 Å². The van der Waals surface area contributed by atoms with E-state index in [1.165, 1.54) is 26.2 Å². The molecule has 2 aliphatic rings. The average Bonchev–Trinajstić information content (AvgIpc) is 3.16. The smallest absolute Gasteiger partial charge is 0.231 e. The average molecular weight is 376 g/mol. The summed E-state index contributed by atoms with van der Waals surface area (Å²) >= 11 is 0. The van der Waals surface area contributed by atoms with Crippen molar-refractivity contribution < 1.29 is 9.47 Å². The van der Waals surface area contributed by atoms with Gasteiger partial charge in [-0.15, -0.1) is 0 Å². The number of nitrogens with zero attached hydrogens (tertiary/aromatic N) is 3. The third-order valence-electron chi connectivity index (χ3n) is 5.22. The molecule has 1 unspecified atom stereocenters. The van der Waals surface area contributed by atoms with Crippen LogP contribution in [0.2, 0.25) is 0 Å². The number of piperazine rings is 1. The van der Waals surface area contributed by atoms with E-state index in [-0.39, 0.29) is 0 Å². The predicted molar refractivity (Wildman–Crippen MR) is 108 cm³/mol. The Balaban J connectivity index is 1.37. The molecule has 2 aliphatic heterocycles. The van der Waals surface area contributed by atoms with Gasteiger partial charge in [-0.25, -0.2) is 0 Å². The molecule has 0 bridgehead atoms. The summed E-state index contributed by atoms with van der Waals surface area (Å²) < 4.78 is 10.8. The molecule has 7 heteroatoms. The first-order chi connectivity index (χ1) is 13.2. The first-order valence-electron chi connectivity index (χ1n) is 9.95. The largest absolute Gasteiger partial charge is 0.454 e. The zero-order chi connectivity index (χ0) is 19.1. The van der Waals surface area contributed by atoms with Crippen LogP contribution in [0.3, 0.4) is 0 Å². The molecule has 0 spiro atoms. The fraction of sp³-hybridized carbons (Fsp3) is 0.650. The van der Waals surface area contributed by atoms with Crippen molar-refractivity contribution in [3.05, 3.63) is 23.8 Å². The number of nitrogens with one attached hydrogen (secondary N) is 2. The summed E-state index contributed by atoms with van der Waals surface area (Å²) in [5, 5.41) is 6.82. The van der Waals surface area contributed by atoms with Gasteiger partial charge in [0.05, 0.1) is 0 Å². The van der Waals surface area contributed by atoms with Crippen LogP contribution in [0.25, 0.3) is 0 Å². The van der Waals surface area contributed by atoms with E-state index in [1.807, 2.05) is 25.2 Å². The van der Waals surface area contributed by atoms with Crippen molar-refractivity contribution in [2.75, 3.05) is 59.7 Å². The number of hydrogen-bond donors (Lipinski definition) is 2. The maximum Gasteiger partial charge on any atom is 0.231 e. The number of benzene rings is 1. The Kier molecular flexibility index (Phi) is 7.18. The molecular weight excluding hydrogens is 342 g/mol. The minimum atomic E-state index is 0.306. The number of aliphatic imine (C=N–C) groups is 1. The molecule has 1 aromatic carbocycles. The maximum absolute atomic E-state index is 5.43. The van der Waals surface area contributed by atoms with Gasteiger partial charge in [0.1, 0.15) is 0 Å². The van der Waals surface area contributed by atoms with Crippen LogP contribution < -0.4 is 20.1 Å². The molecule has 150 valence electrons. The first-order valence-corrected chi connectivity index (χ1v) is 9.95. The van der Waals surface area contributed by atoms with Crippen LogP contribution in [0.1, 0.15) is 19.4 Å². The van der Waals surface area contributed by atoms with Crippen LogP contribution >= 0.6 is 0 Å². The highest BCUT2D eigenvalue weighted by Gasteiger charge is 2.17. The Morgan fingerprint density at radius 3 is 2.59 bits per heavy atom. The minimum absolute atomic E-state index is 0.306. The first kappa shape index (κ1) is 19.8. The van der Waals surface area contributed by atoms with Gasteiger partial charge in [0.2, 0.25) is 6.79 Å². The summed E-state index contributed by atoms with van der Waals surface area (Å²) in [6.07, 6.45) is 0. The van der Waals surface area contributed by atoms with E-state index in [2.05, 4.69) is 39.3 Å². The van der Waals surface area contributed by atoms with Crippen LogP contribution in [0.5, 0.6) is 11.5 Å². The molecule has 0 radical (unpaired) electrons. The zero-order valence-corrected chi connectivity index (χ0v) is 16.8. The molecule has 0 saturated carbocycles. The van der Waals surface area contributed by atoms with Crippen molar-refractivity contribution in [2.45, 2.75) is 20.4 Å². The molecule has 0 amide bonds. The van der Waals surface area contributed by atoms with Gasteiger partial charge in [-0.05, 0) is 30.2 Å². The second kappa shape index (κ2) is 9.80. The number of guanidine groups is 1. The lowest BCUT2D eigenvalue weighted by molar-refractivity contribution is 0.124. The molecule has 3 rings (SSSR count). The summed E-state index contributed by atoms with van der Waals surface area (Å²) in [5.41, 5.74) is 1.14. The highest BCUT2D eigenvalue weighted by molar-refractivity contribution is 5.79. The second-order valence-electron chi connectivity index (χ2n) is 7.33. The Hall–Kier alpha value is -1.99. The summed E-state index contributed by atoms with van der Waals surface area (Å²) in [6.45, 7) is 13.5. The van der Waals surface area contributed by atoms with Gasteiger partial charge in [-0.2, -0.15) is 0 Å². The molecule has 27 heavy (non-hydrogen) atoms. The van der Waals surface area contributed by atoms with Crippen molar-refractivity contribution in [3.63, 3.8) is 0 Å². The highest BCUT2D eigenvalue weighted by Crippen LogP contribution is 2.32. The maximum atomic E-state index is 5.43. The number of fused-ring (bicyclic) bond motifs is 1. The quantitative estimate of drug-likeness (QED) is 0.554. The van der Waals surface area contributed by atoms with E-state index in [0.717, 1.165) is 42.7 Å². The van der Waals surface area contributed by atoms with Crippen molar-refractivity contribution in [1.82, 2.24) is 20.4 Å². The van der Waals surface area contributed by atoms with Crippen molar-refractivity contribution in [3.8, 4) is 11.5 Å². The molecular formula is C20H33N5O2. The van der Waals surface area contributed by atoms with Gasteiger partial charge < -0.3 is 29.9 Å². The fourth-order valence-electron chi connectivity index (χ4n) is 3.52. The molecule has 1 aromatic rings. The molecule has 2 heterocycles.